The van der Waals surface area contributed by atoms with E-state index in [0.717, 1.165) is 0 Å². The van der Waals surface area contributed by atoms with Gasteiger partial charge in [-0.2, -0.15) is 0 Å². The van der Waals surface area contributed by atoms with Crippen LogP contribution in [0.15, 0.2) is 0 Å². The first-order valence-corrected chi connectivity index (χ1v) is 4.98. The zero-order valence-corrected chi connectivity index (χ0v) is 8.95. The molecule has 14 heavy (non-hydrogen) atoms. The maximum atomic E-state index is 11.4. The lowest BCUT2D eigenvalue weighted by Gasteiger charge is -2.32. The van der Waals surface area contributed by atoms with Crippen LogP contribution < -0.4 is 0 Å². The molecular formula is C10H18O4. The van der Waals surface area contributed by atoms with Crippen molar-refractivity contribution in [3.05, 3.63) is 0 Å². The third-order valence-electron chi connectivity index (χ3n) is 3.07. The quantitative estimate of drug-likeness (QED) is 0.685. The molecule has 1 saturated heterocycles. The molecule has 1 heterocycles. The van der Waals surface area contributed by atoms with E-state index >= 15 is 0 Å². The Labute approximate surface area is 84.2 Å². The first kappa shape index (κ1) is 11.5. The van der Waals surface area contributed by atoms with Gasteiger partial charge in [0, 0.05) is 13.0 Å². The van der Waals surface area contributed by atoms with Crippen molar-refractivity contribution in [1.29, 1.82) is 0 Å². The van der Waals surface area contributed by atoms with Crippen molar-refractivity contribution < 1.29 is 19.4 Å². The molecule has 1 aliphatic rings. The average molecular weight is 202 g/mol. The lowest BCUT2D eigenvalue weighted by Crippen LogP contribution is -2.47. The molecule has 1 rings (SSSR count). The van der Waals surface area contributed by atoms with Gasteiger partial charge in [-0.1, -0.05) is 6.92 Å². The molecule has 0 bridgehead atoms. The monoisotopic (exact) mass is 202 g/mol. The summed E-state index contributed by atoms with van der Waals surface area (Å²) in [6.07, 6.45) is 0.769. The van der Waals surface area contributed by atoms with Crippen molar-refractivity contribution in [2.24, 2.45) is 5.92 Å². The fourth-order valence-electron chi connectivity index (χ4n) is 2.07. The van der Waals surface area contributed by atoms with Crippen LogP contribution in [0.4, 0.5) is 0 Å². The first-order chi connectivity index (χ1) is 6.56. The first-order valence-electron chi connectivity index (χ1n) is 4.98. The van der Waals surface area contributed by atoms with Crippen LogP contribution in [0.25, 0.3) is 0 Å². The molecule has 3 unspecified atom stereocenters. The van der Waals surface area contributed by atoms with Gasteiger partial charge in [-0.05, 0) is 13.3 Å². The Morgan fingerprint density at radius 3 is 2.79 bits per heavy atom. The molecule has 1 N–H and O–H groups in total. The van der Waals surface area contributed by atoms with Crippen molar-refractivity contribution in [1.82, 2.24) is 0 Å². The van der Waals surface area contributed by atoms with E-state index in [1.807, 2.05) is 6.92 Å². The molecule has 0 aromatic rings. The summed E-state index contributed by atoms with van der Waals surface area (Å²) in [5.74, 6) is -0.836. The number of carbonyl (C=O) groups is 1. The van der Waals surface area contributed by atoms with Gasteiger partial charge in [0.1, 0.15) is 5.60 Å². The molecule has 0 aromatic carbocycles. The van der Waals surface area contributed by atoms with Crippen LogP contribution in [-0.4, -0.2) is 36.5 Å². The zero-order chi connectivity index (χ0) is 10.8. The highest BCUT2D eigenvalue weighted by atomic mass is 16.5. The highest BCUT2D eigenvalue weighted by Crippen LogP contribution is 2.35. The van der Waals surface area contributed by atoms with Gasteiger partial charge < -0.3 is 14.6 Å². The van der Waals surface area contributed by atoms with Crippen molar-refractivity contribution in [3.8, 4) is 0 Å². The second-order valence-electron chi connectivity index (χ2n) is 3.74. The van der Waals surface area contributed by atoms with Crippen LogP contribution in [0, 0.1) is 5.92 Å². The van der Waals surface area contributed by atoms with Crippen LogP contribution >= 0.6 is 0 Å². The minimum absolute atomic E-state index is 0.299. The summed E-state index contributed by atoms with van der Waals surface area (Å²) in [6.45, 7) is 4.16. The molecule has 3 atom stereocenters. The number of carbonyl (C=O) groups excluding carboxylic acids is 1. The van der Waals surface area contributed by atoms with E-state index in [4.69, 9.17) is 4.74 Å². The Morgan fingerprint density at radius 1 is 1.79 bits per heavy atom. The second kappa shape index (κ2) is 4.28. The molecule has 0 aliphatic carbocycles. The van der Waals surface area contributed by atoms with Gasteiger partial charge in [0.2, 0.25) is 0 Å². The Balaban J connectivity index is 2.81. The van der Waals surface area contributed by atoms with Crippen LogP contribution in [0.1, 0.15) is 26.7 Å². The number of methoxy groups -OCH3 is 1. The molecule has 82 valence electrons. The fourth-order valence-corrected chi connectivity index (χ4v) is 2.07. The van der Waals surface area contributed by atoms with E-state index in [2.05, 4.69) is 4.74 Å². The maximum Gasteiger partial charge on any atom is 0.311 e. The smallest absolute Gasteiger partial charge is 0.311 e. The van der Waals surface area contributed by atoms with Crippen molar-refractivity contribution in [2.45, 2.75) is 38.4 Å². The molecular weight excluding hydrogens is 184 g/mol. The van der Waals surface area contributed by atoms with Gasteiger partial charge in [-0.15, -0.1) is 0 Å². The average Bonchev–Trinajstić information content (AvgIpc) is 2.48. The maximum absolute atomic E-state index is 11.4. The highest BCUT2D eigenvalue weighted by molar-refractivity contribution is 5.73. The topological polar surface area (TPSA) is 55.8 Å². The summed E-state index contributed by atoms with van der Waals surface area (Å²) in [6, 6.07) is 0. The predicted molar refractivity (Wildman–Crippen MR) is 50.8 cm³/mol. The normalized spacial score (nSPS) is 34.1. The zero-order valence-electron chi connectivity index (χ0n) is 8.95. The van der Waals surface area contributed by atoms with Gasteiger partial charge in [-0.3, -0.25) is 4.79 Å². The second-order valence-corrected chi connectivity index (χ2v) is 3.74. The Bertz CT molecular complexity index is 216. The predicted octanol–water partition coefficient (Wildman–Crippen LogP) is 0.726. The number of hydrogen-bond donors (Lipinski definition) is 1. The standard InChI is InChI=1S/C10H18O4/c1-4-8(9(11)13-3)10(12)5-6-14-7(10)2/h7-8,12H,4-6H2,1-3H3. The molecule has 0 aromatic heterocycles. The minimum Gasteiger partial charge on any atom is -0.469 e. The molecule has 4 nitrogen and oxygen atoms in total. The molecule has 0 amide bonds. The molecule has 1 fully saturated rings. The van der Waals surface area contributed by atoms with E-state index in [-0.39, 0.29) is 12.1 Å². The Kier molecular flexibility index (Phi) is 3.50. The molecule has 4 heteroatoms. The van der Waals surface area contributed by atoms with Gasteiger partial charge in [0.25, 0.3) is 0 Å². The minimum atomic E-state index is -1.05. The number of aliphatic hydroxyl groups is 1. The van der Waals surface area contributed by atoms with Crippen molar-refractivity contribution >= 4 is 5.97 Å². The van der Waals surface area contributed by atoms with Crippen molar-refractivity contribution in [2.75, 3.05) is 13.7 Å². The summed E-state index contributed by atoms with van der Waals surface area (Å²) >= 11 is 0. The van der Waals surface area contributed by atoms with Crippen LogP contribution in [0.5, 0.6) is 0 Å². The van der Waals surface area contributed by atoms with Crippen LogP contribution in [-0.2, 0) is 14.3 Å². The van der Waals surface area contributed by atoms with Gasteiger partial charge in [0.05, 0.1) is 19.1 Å². The fraction of sp³-hybridized carbons (Fsp3) is 0.900. The lowest BCUT2D eigenvalue weighted by molar-refractivity contribution is -0.160. The summed E-state index contributed by atoms with van der Waals surface area (Å²) in [7, 11) is 1.34. The number of esters is 1. The van der Waals surface area contributed by atoms with E-state index in [9.17, 15) is 9.90 Å². The lowest BCUT2D eigenvalue weighted by atomic mass is 9.80. The number of ether oxygens (including phenoxy) is 2. The Morgan fingerprint density at radius 2 is 2.43 bits per heavy atom. The van der Waals surface area contributed by atoms with Gasteiger partial charge in [0.15, 0.2) is 0 Å². The summed E-state index contributed by atoms with van der Waals surface area (Å²) in [5, 5.41) is 10.3. The van der Waals surface area contributed by atoms with Gasteiger partial charge in [-0.25, -0.2) is 0 Å². The van der Waals surface area contributed by atoms with Gasteiger partial charge >= 0.3 is 5.97 Å². The number of rotatable bonds is 3. The van der Waals surface area contributed by atoms with E-state index < -0.39 is 11.5 Å². The summed E-state index contributed by atoms with van der Waals surface area (Å²) in [4.78, 5) is 11.4. The Hall–Kier alpha value is -0.610. The third-order valence-corrected chi connectivity index (χ3v) is 3.07. The number of hydrogen-bond acceptors (Lipinski definition) is 4. The van der Waals surface area contributed by atoms with Crippen molar-refractivity contribution in [3.63, 3.8) is 0 Å². The SMILES string of the molecule is CCC(C(=O)OC)C1(O)CCOC1C. The van der Waals surface area contributed by atoms with E-state index in [1.54, 1.807) is 6.92 Å². The van der Waals surface area contributed by atoms with E-state index in [0.29, 0.717) is 19.4 Å². The molecule has 0 radical (unpaired) electrons. The summed E-state index contributed by atoms with van der Waals surface area (Å²) in [5.41, 5.74) is -1.05. The molecule has 0 spiro atoms. The molecule has 1 aliphatic heterocycles. The molecule has 0 saturated carbocycles. The van der Waals surface area contributed by atoms with Crippen LogP contribution in [0.3, 0.4) is 0 Å². The van der Waals surface area contributed by atoms with Crippen LogP contribution in [0.2, 0.25) is 0 Å². The summed E-state index contributed by atoms with van der Waals surface area (Å²) < 4.78 is 9.96. The highest BCUT2D eigenvalue weighted by Gasteiger charge is 2.49. The largest absolute Gasteiger partial charge is 0.469 e. The third kappa shape index (κ3) is 1.77. The van der Waals surface area contributed by atoms with E-state index in [1.165, 1.54) is 7.11 Å².